The molecule has 0 saturated carbocycles. The van der Waals surface area contributed by atoms with E-state index in [0.29, 0.717) is 12.3 Å². The first-order valence-electron chi connectivity index (χ1n) is 3.76. The van der Waals surface area contributed by atoms with Gasteiger partial charge in [-0.05, 0) is 35.7 Å². The van der Waals surface area contributed by atoms with Crippen LogP contribution in [-0.4, -0.2) is 6.26 Å². The zero-order chi connectivity index (χ0) is 8.43. The molecule has 2 heteroatoms. The monoisotopic (exact) mass is 172 g/mol. The van der Waals surface area contributed by atoms with Crippen LogP contribution in [0.25, 0.3) is 0 Å². The molecule has 0 heterocycles. The Morgan fingerprint density at radius 1 is 1.64 bits per heavy atom. The fourth-order valence-electron chi connectivity index (χ4n) is 1.50. The molecule has 0 aliphatic heterocycles. The number of rotatable bonds is 1. The summed E-state index contributed by atoms with van der Waals surface area (Å²) >= 11 is 1.73. The number of hydrogen-bond donors (Lipinski definition) is 0. The van der Waals surface area contributed by atoms with Gasteiger partial charge in [0.1, 0.15) is 5.83 Å². The third-order valence-electron chi connectivity index (χ3n) is 1.93. The van der Waals surface area contributed by atoms with Gasteiger partial charge in [0, 0.05) is 6.42 Å². The highest BCUT2D eigenvalue weighted by atomic mass is 32.2. The standard InChI is InChI=1S/C9H13FS/c1-6-4-8(10)5-7(2)9(6)11-3/h4,7H,5H2,1-3H3. The highest BCUT2D eigenvalue weighted by molar-refractivity contribution is 8.02. The molecule has 1 aliphatic rings. The van der Waals surface area contributed by atoms with Gasteiger partial charge in [-0.2, -0.15) is 0 Å². The van der Waals surface area contributed by atoms with Gasteiger partial charge >= 0.3 is 0 Å². The van der Waals surface area contributed by atoms with Gasteiger partial charge in [0.2, 0.25) is 0 Å². The zero-order valence-electron chi connectivity index (χ0n) is 7.15. The van der Waals surface area contributed by atoms with Crippen molar-refractivity contribution in [3.63, 3.8) is 0 Å². The van der Waals surface area contributed by atoms with E-state index in [4.69, 9.17) is 0 Å². The minimum atomic E-state index is 0.0211. The molecular formula is C9H13FS. The van der Waals surface area contributed by atoms with Gasteiger partial charge in [-0.3, -0.25) is 0 Å². The van der Waals surface area contributed by atoms with Crippen molar-refractivity contribution >= 4 is 11.8 Å². The van der Waals surface area contributed by atoms with E-state index in [9.17, 15) is 4.39 Å². The van der Waals surface area contributed by atoms with Crippen LogP contribution in [0.15, 0.2) is 22.4 Å². The van der Waals surface area contributed by atoms with Crippen molar-refractivity contribution in [2.75, 3.05) is 6.26 Å². The fourth-order valence-corrected chi connectivity index (χ4v) is 2.37. The van der Waals surface area contributed by atoms with Gasteiger partial charge in [-0.25, -0.2) is 4.39 Å². The van der Waals surface area contributed by atoms with Crippen molar-refractivity contribution < 1.29 is 4.39 Å². The molecule has 0 bridgehead atoms. The number of hydrogen-bond acceptors (Lipinski definition) is 1. The quantitative estimate of drug-likeness (QED) is 0.583. The minimum Gasteiger partial charge on any atom is -0.212 e. The van der Waals surface area contributed by atoms with E-state index in [-0.39, 0.29) is 5.83 Å². The number of thioether (sulfide) groups is 1. The largest absolute Gasteiger partial charge is 0.212 e. The van der Waals surface area contributed by atoms with E-state index in [1.54, 1.807) is 17.8 Å². The molecule has 0 N–H and O–H groups in total. The van der Waals surface area contributed by atoms with Crippen molar-refractivity contribution in [3.05, 3.63) is 22.4 Å². The molecule has 1 aliphatic carbocycles. The van der Waals surface area contributed by atoms with Gasteiger partial charge < -0.3 is 0 Å². The Hall–Kier alpha value is -0.240. The molecule has 0 fully saturated rings. The number of halogens is 1. The van der Waals surface area contributed by atoms with E-state index < -0.39 is 0 Å². The summed E-state index contributed by atoms with van der Waals surface area (Å²) in [6, 6.07) is 0. The van der Waals surface area contributed by atoms with Crippen molar-refractivity contribution in [2.45, 2.75) is 20.3 Å². The summed E-state index contributed by atoms with van der Waals surface area (Å²) in [4.78, 5) is 1.33. The third kappa shape index (κ3) is 1.86. The SMILES string of the molecule is CSC1=C(C)C=C(F)CC1C. The normalized spacial score (nSPS) is 25.5. The summed E-state index contributed by atoms with van der Waals surface area (Å²) in [6.45, 7) is 4.04. The predicted octanol–water partition coefficient (Wildman–Crippen LogP) is 3.52. The van der Waals surface area contributed by atoms with E-state index in [2.05, 4.69) is 6.92 Å². The van der Waals surface area contributed by atoms with Crippen molar-refractivity contribution in [2.24, 2.45) is 5.92 Å². The van der Waals surface area contributed by atoms with Gasteiger partial charge in [-0.15, -0.1) is 11.8 Å². The number of allylic oxidation sites excluding steroid dienone is 4. The average Bonchev–Trinajstić information content (AvgIpc) is 1.85. The van der Waals surface area contributed by atoms with E-state index in [0.717, 1.165) is 5.57 Å². The van der Waals surface area contributed by atoms with Gasteiger partial charge in [-0.1, -0.05) is 6.92 Å². The molecule has 0 aromatic rings. The van der Waals surface area contributed by atoms with Crippen molar-refractivity contribution in [3.8, 4) is 0 Å². The van der Waals surface area contributed by atoms with Gasteiger partial charge in [0.05, 0.1) is 0 Å². The lowest BCUT2D eigenvalue weighted by Crippen LogP contribution is -2.03. The van der Waals surface area contributed by atoms with E-state index >= 15 is 0 Å². The third-order valence-corrected chi connectivity index (χ3v) is 3.09. The second-order valence-electron chi connectivity index (χ2n) is 2.95. The molecule has 1 atom stereocenters. The van der Waals surface area contributed by atoms with Gasteiger partial charge in [0.15, 0.2) is 0 Å². The Labute approximate surface area is 71.6 Å². The second kappa shape index (κ2) is 3.44. The van der Waals surface area contributed by atoms with Crippen LogP contribution in [0.4, 0.5) is 4.39 Å². The smallest absolute Gasteiger partial charge is 0.101 e. The average molecular weight is 172 g/mol. The molecule has 1 rings (SSSR count). The van der Waals surface area contributed by atoms with Crippen LogP contribution in [-0.2, 0) is 0 Å². The zero-order valence-corrected chi connectivity index (χ0v) is 7.96. The molecule has 0 radical (unpaired) electrons. The minimum absolute atomic E-state index is 0.0211. The Bertz CT molecular complexity index is 216. The Balaban J connectivity index is 2.92. The molecule has 11 heavy (non-hydrogen) atoms. The van der Waals surface area contributed by atoms with E-state index in [1.807, 2.05) is 13.2 Å². The molecule has 0 aromatic heterocycles. The summed E-state index contributed by atoms with van der Waals surface area (Å²) < 4.78 is 12.8. The summed E-state index contributed by atoms with van der Waals surface area (Å²) in [5.41, 5.74) is 1.09. The summed E-state index contributed by atoms with van der Waals surface area (Å²) in [7, 11) is 0. The molecule has 0 nitrogen and oxygen atoms in total. The van der Waals surface area contributed by atoms with Crippen molar-refractivity contribution in [1.29, 1.82) is 0 Å². The first-order chi connectivity index (χ1) is 5.15. The summed E-state index contributed by atoms with van der Waals surface area (Å²) in [5.74, 6) is 0.391. The maximum atomic E-state index is 12.8. The molecule has 0 spiro atoms. The molecule has 62 valence electrons. The molecular weight excluding hydrogens is 159 g/mol. The summed E-state index contributed by atoms with van der Waals surface area (Å²) in [6.07, 6.45) is 4.27. The fraction of sp³-hybridized carbons (Fsp3) is 0.556. The highest BCUT2D eigenvalue weighted by Gasteiger charge is 2.17. The lowest BCUT2D eigenvalue weighted by Gasteiger charge is -2.19. The second-order valence-corrected chi connectivity index (χ2v) is 3.80. The summed E-state index contributed by atoms with van der Waals surface area (Å²) in [5, 5.41) is 0. The maximum absolute atomic E-state index is 12.8. The van der Waals surface area contributed by atoms with Gasteiger partial charge in [0.25, 0.3) is 0 Å². The Kier molecular flexibility index (Phi) is 2.77. The van der Waals surface area contributed by atoms with Crippen LogP contribution in [0, 0.1) is 5.92 Å². The lowest BCUT2D eigenvalue weighted by molar-refractivity contribution is 0.528. The van der Waals surface area contributed by atoms with Crippen LogP contribution in [0.3, 0.4) is 0 Å². The molecule has 0 saturated heterocycles. The predicted molar refractivity (Wildman–Crippen MR) is 49.2 cm³/mol. The first kappa shape index (κ1) is 8.85. The molecule has 0 amide bonds. The Morgan fingerprint density at radius 2 is 2.27 bits per heavy atom. The van der Waals surface area contributed by atoms with Crippen LogP contribution >= 0.6 is 11.8 Å². The van der Waals surface area contributed by atoms with Crippen molar-refractivity contribution in [1.82, 2.24) is 0 Å². The maximum Gasteiger partial charge on any atom is 0.101 e. The van der Waals surface area contributed by atoms with E-state index in [1.165, 1.54) is 4.91 Å². The molecule has 1 unspecified atom stereocenters. The van der Waals surface area contributed by atoms with Crippen LogP contribution < -0.4 is 0 Å². The first-order valence-corrected chi connectivity index (χ1v) is 4.98. The lowest BCUT2D eigenvalue weighted by atomic mass is 9.97. The van der Waals surface area contributed by atoms with Crippen LogP contribution in [0.2, 0.25) is 0 Å². The molecule has 0 aromatic carbocycles. The topological polar surface area (TPSA) is 0 Å². The van der Waals surface area contributed by atoms with Crippen LogP contribution in [0.5, 0.6) is 0 Å². The highest BCUT2D eigenvalue weighted by Crippen LogP contribution is 2.35. The Morgan fingerprint density at radius 3 is 2.73 bits per heavy atom. The van der Waals surface area contributed by atoms with Crippen LogP contribution in [0.1, 0.15) is 20.3 Å².